The lowest BCUT2D eigenvalue weighted by atomic mass is 9.78. The van der Waals surface area contributed by atoms with Gasteiger partial charge in [-0.1, -0.05) is 23.8 Å². The molecule has 86 valence electrons. The fraction of sp³-hybridized carbons (Fsp3) is 0.714. The van der Waals surface area contributed by atoms with Crippen LogP contribution < -0.4 is 0 Å². The van der Waals surface area contributed by atoms with Gasteiger partial charge in [-0.3, -0.25) is 0 Å². The normalized spacial score (nSPS) is 24.7. The van der Waals surface area contributed by atoms with E-state index >= 15 is 0 Å². The summed E-state index contributed by atoms with van der Waals surface area (Å²) in [6, 6.07) is 0. The van der Waals surface area contributed by atoms with Crippen molar-refractivity contribution in [3.63, 3.8) is 0 Å². The molecule has 0 fully saturated rings. The van der Waals surface area contributed by atoms with Gasteiger partial charge in [-0.15, -0.1) is 0 Å². The molecule has 0 amide bonds. The molecule has 1 nitrogen and oxygen atoms in total. The Morgan fingerprint density at radius 3 is 2.73 bits per heavy atom. The van der Waals surface area contributed by atoms with E-state index in [1.54, 1.807) is 0 Å². The van der Waals surface area contributed by atoms with Gasteiger partial charge in [-0.2, -0.15) is 0 Å². The molecule has 1 aliphatic rings. The maximum atomic E-state index is 10.4. The Morgan fingerprint density at radius 2 is 2.20 bits per heavy atom. The van der Waals surface area contributed by atoms with Crippen molar-refractivity contribution in [3.05, 3.63) is 23.8 Å². The van der Waals surface area contributed by atoms with Crippen molar-refractivity contribution in [1.82, 2.24) is 0 Å². The number of rotatable bonds is 4. The molecular weight excluding hydrogens is 184 g/mol. The Balaban J connectivity index is 2.43. The average Bonchev–Trinajstić information content (AvgIpc) is 2.18. The highest BCUT2D eigenvalue weighted by Crippen LogP contribution is 2.32. The molecule has 0 aromatic heterocycles. The predicted molar refractivity (Wildman–Crippen MR) is 65.8 cm³/mol. The Hall–Kier alpha value is -0.560. The van der Waals surface area contributed by atoms with Crippen molar-refractivity contribution in [3.8, 4) is 0 Å². The summed E-state index contributed by atoms with van der Waals surface area (Å²) in [6.45, 7) is 6.21. The van der Waals surface area contributed by atoms with Gasteiger partial charge in [0.15, 0.2) is 0 Å². The Kier molecular flexibility index (Phi) is 4.59. The van der Waals surface area contributed by atoms with Crippen LogP contribution in [0, 0.1) is 5.92 Å². The van der Waals surface area contributed by atoms with E-state index in [1.165, 1.54) is 5.57 Å². The minimum Gasteiger partial charge on any atom is -0.390 e. The molecule has 0 unspecified atom stereocenters. The van der Waals surface area contributed by atoms with Gasteiger partial charge in [0.1, 0.15) is 0 Å². The first-order chi connectivity index (χ1) is 7.02. The van der Waals surface area contributed by atoms with Gasteiger partial charge in [-0.05, 0) is 58.8 Å². The zero-order valence-corrected chi connectivity index (χ0v) is 10.3. The van der Waals surface area contributed by atoms with Gasteiger partial charge < -0.3 is 5.11 Å². The van der Waals surface area contributed by atoms with Crippen molar-refractivity contribution in [2.24, 2.45) is 5.92 Å². The second-order valence-electron chi connectivity index (χ2n) is 5.16. The maximum absolute atomic E-state index is 10.4. The summed E-state index contributed by atoms with van der Waals surface area (Å²) < 4.78 is 0. The van der Waals surface area contributed by atoms with Crippen LogP contribution in [-0.2, 0) is 0 Å². The van der Waals surface area contributed by atoms with Gasteiger partial charge in [0.2, 0.25) is 0 Å². The van der Waals surface area contributed by atoms with Gasteiger partial charge in [0.25, 0.3) is 0 Å². The molecule has 0 radical (unpaired) electrons. The minimum atomic E-state index is -0.489. The first-order valence-electron chi connectivity index (χ1n) is 6.03. The molecule has 0 spiro atoms. The van der Waals surface area contributed by atoms with Gasteiger partial charge in [-0.25, -0.2) is 0 Å². The molecule has 1 heteroatoms. The van der Waals surface area contributed by atoms with Crippen LogP contribution in [0.3, 0.4) is 0 Å². The molecule has 2 atom stereocenters. The third-order valence-corrected chi connectivity index (χ3v) is 3.35. The number of aliphatic hydroxyl groups is 1. The van der Waals surface area contributed by atoms with E-state index in [0.717, 1.165) is 32.1 Å². The lowest BCUT2D eigenvalue weighted by Crippen LogP contribution is -2.34. The molecule has 0 aliphatic heterocycles. The number of hydrogen-bond donors (Lipinski definition) is 1. The first-order valence-corrected chi connectivity index (χ1v) is 6.03. The van der Waals surface area contributed by atoms with Crippen LogP contribution in [0.4, 0.5) is 0 Å². The zero-order valence-electron chi connectivity index (χ0n) is 10.3. The monoisotopic (exact) mass is 208 g/mol. The van der Waals surface area contributed by atoms with E-state index in [9.17, 15) is 5.11 Å². The summed E-state index contributed by atoms with van der Waals surface area (Å²) in [6.07, 6.45) is 11.8. The summed E-state index contributed by atoms with van der Waals surface area (Å²) in [5.41, 5.74) is 0.853. The Bertz CT molecular complexity index is 244. The van der Waals surface area contributed by atoms with E-state index in [1.807, 2.05) is 6.92 Å². The lowest BCUT2D eigenvalue weighted by Gasteiger charge is -2.33. The SMILES string of the molecule is CC(C)=CCC[C@@](C)(O)[C@@H]1CC=CCC1. The molecule has 0 bridgehead atoms. The quantitative estimate of drug-likeness (QED) is 0.696. The molecular formula is C14H24O. The van der Waals surface area contributed by atoms with E-state index in [4.69, 9.17) is 0 Å². The van der Waals surface area contributed by atoms with Crippen LogP contribution in [0.25, 0.3) is 0 Å². The standard InChI is InChI=1S/C14H24O/c1-12(2)8-7-11-14(3,15)13-9-5-4-6-10-13/h4-5,8,13,15H,6-7,9-11H2,1-3H3/t13-,14-/m1/s1. The number of hydrogen-bond acceptors (Lipinski definition) is 1. The van der Waals surface area contributed by atoms with Crippen molar-refractivity contribution < 1.29 is 5.11 Å². The Morgan fingerprint density at radius 1 is 1.47 bits per heavy atom. The van der Waals surface area contributed by atoms with Crippen molar-refractivity contribution in [2.75, 3.05) is 0 Å². The highest BCUT2D eigenvalue weighted by atomic mass is 16.3. The van der Waals surface area contributed by atoms with E-state index in [2.05, 4.69) is 32.1 Å². The van der Waals surface area contributed by atoms with Gasteiger partial charge >= 0.3 is 0 Å². The van der Waals surface area contributed by atoms with Crippen LogP contribution in [-0.4, -0.2) is 10.7 Å². The topological polar surface area (TPSA) is 20.2 Å². The molecule has 0 aromatic rings. The predicted octanol–water partition coefficient (Wildman–Crippen LogP) is 3.84. The zero-order chi connectivity index (χ0) is 11.3. The molecule has 0 heterocycles. The number of allylic oxidation sites excluding steroid dienone is 4. The second kappa shape index (κ2) is 5.50. The molecule has 1 N–H and O–H groups in total. The van der Waals surface area contributed by atoms with Crippen LogP contribution in [0.2, 0.25) is 0 Å². The summed E-state index contributed by atoms with van der Waals surface area (Å²) in [5, 5.41) is 10.4. The molecule has 15 heavy (non-hydrogen) atoms. The largest absolute Gasteiger partial charge is 0.390 e. The molecule has 1 rings (SSSR count). The maximum Gasteiger partial charge on any atom is 0.0653 e. The highest BCUT2D eigenvalue weighted by Gasteiger charge is 2.30. The summed E-state index contributed by atoms with van der Waals surface area (Å²) in [7, 11) is 0. The highest BCUT2D eigenvalue weighted by molar-refractivity contribution is 4.99. The van der Waals surface area contributed by atoms with E-state index < -0.39 is 5.60 Å². The van der Waals surface area contributed by atoms with Crippen molar-refractivity contribution >= 4 is 0 Å². The van der Waals surface area contributed by atoms with Crippen molar-refractivity contribution in [2.45, 2.75) is 58.5 Å². The van der Waals surface area contributed by atoms with E-state index in [-0.39, 0.29) is 0 Å². The Labute approximate surface area is 93.9 Å². The van der Waals surface area contributed by atoms with Crippen molar-refractivity contribution in [1.29, 1.82) is 0 Å². The second-order valence-corrected chi connectivity index (χ2v) is 5.16. The first kappa shape index (κ1) is 12.5. The molecule has 0 aromatic carbocycles. The smallest absolute Gasteiger partial charge is 0.0653 e. The van der Waals surface area contributed by atoms with Crippen LogP contribution >= 0.6 is 0 Å². The third kappa shape index (κ3) is 4.21. The third-order valence-electron chi connectivity index (χ3n) is 3.35. The summed E-state index contributed by atoms with van der Waals surface area (Å²) >= 11 is 0. The lowest BCUT2D eigenvalue weighted by molar-refractivity contribution is -0.0116. The average molecular weight is 208 g/mol. The summed E-state index contributed by atoms with van der Waals surface area (Å²) in [5.74, 6) is 0.452. The van der Waals surface area contributed by atoms with Crippen LogP contribution in [0.5, 0.6) is 0 Å². The fourth-order valence-electron chi connectivity index (χ4n) is 2.22. The molecule has 1 aliphatic carbocycles. The molecule has 0 saturated carbocycles. The fourth-order valence-corrected chi connectivity index (χ4v) is 2.22. The summed E-state index contributed by atoms with van der Waals surface area (Å²) in [4.78, 5) is 0. The van der Waals surface area contributed by atoms with Gasteiger partial charge in [0, 0.05) is 0 Å². The van der Waals surface area contributed by atoms with Crippen LogP contribution in [0.1, 0.15) is 52.9 Å². The van der Waals surface area contributed by atoms with Gasteiger partial charge in [0.05, 0.1) is 5.60 Å². The minimum absolute atomic E-state index is 0.452. The molecule has 0 saturated heterocycles. The van der Waals surface area contributed by atoms with E-state index in [0.29, 0.717) is 5.92 Å². The van der Waals surface area contributed by atoms with Crippen LogP contribution in [0.15, 0.2) is 23.8 Å².